The standard InChI is InChI=1S/C10H10F5N3S/c1-18(4-7(11)12)9-5(8(16)19)2-3-6(17-9)10(13,14)15/h2-3,7H,4H2,1H3,(H2,16,19). The fourth-order valence-corrected chi connectivity index (χ4v) is 1.54. The van der Waals surface area contributed by atoms with Crippen molar-refractivity contribution >= 4 is 23.0 Å². The summed E-state index contributed by atoms with van der Waals surface area (Å²) in [7, 11) is 1.19. The monoisotopic (exact) mass is 299 g/mol. The lowest BCUT2D eigenvalue weighted by atomic mass is 10.2. The number of halogens is 5. The number of nitrogens with zero attached hydrogens (tertiary/aromatic N) is 2. The Labute approximate surface area is 111 Å². The average Bonchev–Trinajstić information content (AvgIpc) is 2.25. The maximum Gasteiger partial charge on any atom is 0.433 e. The summed E-state index contributed by atoms with van der Waals surface area (Å²) in [6.45, 7) is -0.774. The van der Waals surface area contributed by atoms with Crippen LogP contribution in [0.15, 0.2) is 12.1 Å². The van der Waals surface area contributed by atoms with E-state index < -0.39 is 24.8 Å². The van der Waals surface area contributed by atoms with Gasteiger partial charge in [-0.1, -0.05) is 12.2 Å². The first kappa shape index (κ1) is 15.5. The molecule has 106 valence electrons. The van der Waals surface area contributed by atoms with Crippen LogP contribution in [0.4, 0.5) is 27.8 Å². The normalized spacial score (nSPS) is 11.7. The molecule has 0 atom stereocenters. The number of thiocarbonyl (C=S) groups is 1. The fraction of sp³-hybridized carbons (Fsp3) is 0.400. The van der Waals surface area contributed by atoms with Crippen LogP contribution in [0, 0.1) is 0 Å². The molecule has 0 amide bonds. The van der Waals surface area contributed by atoms with E-state index in [0.717, 1.165) is 11.0 Å². The third-order valence-corrected chi connectivity index (χ3v) is 2.42. The van der Waals surface area contributed by atoms with E-state index in [2.05, 4.69) is 17.2 Å². The molecule has 19 heavy (non-hydrogen) atoms. The molecule has 1 rings (SSSR count). The molecule has 2 N–H and O–H groups in total. The van der Waals surface area contributed by atoms with Gasteiger partial charge in [-0.15, -0.1) is 0 Å². The van der Waals surface area contributed by atoms with Gasteiger partial charge in [0.05, 0.1) is 12.1 Å². The van der Waals surface area contributed by atoms with E-state index in [4.69, 9.17) is 5.73 Å². The molecule has 0 aromatic carbocycles. The van der Waals surface area contributed by atoms with Crippen molar-refractivity contribution in [2.75, 3.05) is 18.5 Å². The number of alkyl halides is 5. The van der Waals surface area contributed by atoms with E-state index in [9.17, 15) is 22.0 Å². The van der Waals surface area contributed by atoms with Crippen LogP contribution in [0.3, 0.4) is 0 Å². The van der Waals surface area contributed by atoms with Crippen molar-refractivity contribution in [1.29, 1.82) is 0 Å². The summed E-state index contributed by atoms with van der Waals surface area (Å²) in [5.41, 5.74) is 4.17. The van der Waals surface area contributed by atoms with Crippen molar-refractivity contribution in [3.8, 4) is 0 Å². The Morgan fingerprint density at radius 3 is 2.42 bits per heavy atom. The van der Waals surface area contributed by atoms with Crippen LogP contribution < -0.4 is 10.6 Å². The van der Waals surface area contributed by atoms with Gasteiger partial charge in [-0.2, -0.15) is 13.2 Å². The number of anilines is 1. The van der Waals surface area contributed by atoms with Crippen LogP contribution in [0.2, 0.25) is 0 Å². The molecular weight excluding hydrogens is 289 g/mol. The van der Waals surface area contributed by atoms with E-state index in [1.807, 2.05) is 0 Å². The fourth-order valence-electron chi connectivity index (χ4n) is 1.38. The third kappa shape index (κ3) is 3.98. The summed E-state index contributed by atoms with van der Waals surface area (Å²) in [5.74, 6) is -0.317. The minimum absolute atomic E-state index is 0.0196. The molecule has 9 heteroatoms. The lowest BCUT2D eigenvalue weighted by Crippen LogP contribution is -2.28. The van der Waals surface area contributed by atoms with E-state index in [1.54, 1.807) is 0 Å². The summed E-state index contributed by atoms with van der Waals surface area (Å²) < 4.78 is 62.2. The highest BCUT2D eigenvalue weighted by molar-refractivity contribution is 7.80. The topological polar surface area (TPSA) is 42.2 Å². The Hall–Kier alpha value is -1.51. The first-order valence-corrected chi connectivity index (χ1v) is 5.41. The number of rotatable bonds is 4. The van der Waals surface area contributed by atoms with Crippen molar-refractivity contribution in [2.24, 2.45) is 5.73 Å². The van der Waals surface area contributed by atoms with E-state index in [1.165, 1.54) is 7.05 Å². The van der Waals surface area contributed by atoms with Gasteiger partial charge < -0.3 is 10.6 Å². The van der Waals surface area contributed by atoms with Gasteiger partial charge in [-0.05, 0) is 12.1 Å². The van der Waals surface area contributed by atoms with Crippen molar-refractivity contribution < 1.29 is 22.0 Å². The second-order valence-electron chi connectivity index (χ2n) is 3.70. The molecule has 1 heterocycles. The molecule has 0 saturated heterocycles. The van der Waals surface area contributed by atoms with Gasteiger partial charge in [0.1, 0.15) is 16.5 Å². The minimum atomic E-state index is -4.67. The maximum atomic E-state index is 12.5. The Kier molecular flexibility index (Phi) is 4.61. The number of pyridine rings is 1. The van der Waals surface area contributed by atoms with Crippen molar-refractivity contribution in [3.05, 3.63) is 23.4 Å². The second-order valence-corrected chi connectivity index (χ2v) is 4.14. The number of hydrogen-bond acceptors (Lipinski definition) is 3. The Morgan fingerprint density at radius 1 is 1.42 bits per heavy atom. The van der Waals surface area contributed by atoms with Gasteiger partial charge in [0, 0.05) is 7.05 Å². The molecule has 0 unspecified atom stereocenters. The molecule has 0 radical (unpaired) electrons. The van der Waals surface area contributed by atoms with Crippen LogP contribution in [-0.4, -0.2) is 30.0 Å². The smallest absolute Gasteiger partial charge is 0.389 e. The minimum Gasteiger partial charge on any atom is -0.389 e. The predicted octanol–water partition coefficient (Wildman–Crippen LogP) is 2.44. The van der Waals surface area contributed by atoms with Crippen LogP contribution in [-0.2, 0) is 6.18 Å². The Morgan fingerprint density at radius 2 is 2.00 bits per heavy atom. The first-order chi connectivity index (χ1) is 8.62. The van der Waals surface area contributed by atoms with E-state index >= 15 is 0 Å². The molecule has 0 fully saturated rings. The zero-order chi connectivity index (χ0) is 14.8. The number of nitrogens with two attached hydrogens (primary N) is 1. The highest BCUT2D eigenvalue weighted by atomic mass is 32.1. The predicted molar refractivity (Wildman–Crippen MR) is 64.4 cm³/mol. The SMILES string of the molecule is CN(CC(F)F)c1nc(C(F)(F)F)ccc1C(N)=S. The van der Waals surface area contributed by atoms with Gasteiger partial charge >= 0.3 is 6.18 Å². The van der Waals surface area contributed by atoms with Crippen molar-refractivity contribution in [2.45, 2.75) is 12.6 Å². The molecule has 1 aromatic heterocycles. The zero-order valence-corrected chi connectivity index (χ0v) is 10.5. The average molecular weight is 299 g/mol. The molecule has 0 aliphatic heterocycles. The van der Waals surface area contributed by atoms with Crippen LogP contribution in [0.1, 0.15) is 11.3 Å². The highest BCUT2D eigenvalue weighted by Crippen LogP contribution is 2.30. The molecule has 0 bridgehead atoms. The Bertz CT molecular complexity index is 475. The lowest BCUT2D eigenvalue weighted by Gasteiger charge is -2.21. The summed E-state index contributed by atoms with van der Waals surface area (Å²) in [4.78, 5) is 3.99. The maximum absolute atomic E-state index is 12.5. The van der Waals surface area contributed by atoms with Gasteiger partial charge in [-0.3, -0.25) is 0 Å². The first-order valence-electron chi connectivity index (χ1n) is 5.00. The number of hydrogen-bond donors (Lipinski definition) is 1. The molecule has 0 aliphatic carbocycles. The van der Waals surface area contributed by atoms with Gasteiger partial charge in [0.15, 0.2) is 0 Å². The van der Waals surface area contributed by atoms with Gasteiger partial charge in [-0.25, -0.2) is 13.8 Å². The van der Waals surface area contributed by atoms with Crippen molar-refractivity contribution in [3.63, 3.8) is 0 Å². The molecule has 0 saturated carbocycles. The second kappa shape index (κ2) is 5.64. The van der Waals surface area contributed by atoms with Crippen molar-refractivity contribution in [1.82, 2.24) is 4.98 Å². The summed E-state index contributed by atoms with van der Waals surface area (Å²) >= 11 is 4.66. The van der Waals surface area contributed by atoms with E-state index in [0.29, 0.717) is 6.07 Å². The van der Waals surface area contributed by atoms with Crippen LogP contribution in [0.5, 0.6) is 0 Å². The molecule has 0 aliphatic rings. The van der Waals surface area contributed by atoms with Crippen LogP contribution >= 0.6 is 12.2 Å². The summed E-state index contributed by atoms with van der Waals surface area (Å²) in [5, 5.41) is 0. The highest BCUT2D eigenvalue weighted by Gasteiger charge is 2.33. The quantitative estimate of drug-likeness (QED) is 0.685. The van der Waals surface area contributed by atoms with Gasteiger partial charge in [0.25, 0.3) is 6.43 Å². The summed E-state index contributed by atoms with van der Waals surface area (Å²) in [6.07, 6.45) is -7.39. The molecular formula is C10H10F5N3S. The largest absolute Gasteiger partial charge is 0.433 e. The van der Waals surface area contributed by atoms with E-state index in [-0.39, 0.29) is 16.4 Å². The third-order valence-electron chi connectivity index (χ3n) is 2.20. The molecule has 1 aromatic rings. The Balaban J connectivity index is 3.27. The van der Waals surface area contributed by atoms with Gasteiger partial charge in [0.2, 0.25) is 0 Å². The lowest BCUT2D eigenvalue weighted by molar-refractivity contribution is -0.141. The number of aromatic nitrogens is 1. The zero-order valence-electron chi connectivity index (χ0n) is 9.71. The molecule has 0 spiro atoms. The molecule has 3 nitrogen and oxygen atoms in total. The van der Waals surface area contributed by atoms with Crippen LogP contribution in [0.25, 0.3) is 0 Å². The summed E-state index contributed by atoms with van der Waals surface area (Å²) in [6, 6.07) is 1.73.